The maximum atomic E-state index is 6.07. The van der Waals surface area contributed by atoms with Crippen molar-refractivity contribution in [2.24, 2.45) is 5.92 Å². The zero-order valence-electron chi connectivity index (χ0n) is 13.5. The van der Waals surface area contributed by atoms with Crippen LogP contribution < -0.4 is 5.32 Å². The first-order chi connectivity index (χ1) is 11.1. The van der Waals surface area contributed by atoms with E-state index in [2.05, 4.69) is 31.5 Å². The van der Waals surface area contributed by atoms with Crippen LogP contribution in [-0.4, -0.2) is 44.4 Å². The SMILES string of the molecule is Cc1nsc2nc(Cl)nc(NC3CCC(N4CC(C)C4)CC3)c12. The number of hydrogen-bond donors (Lipinski definition) is 1. The molecule has 0 bridgehead atoms. The van der Waals surface area contributed by atoms with Crippen LogP contribution in [0.3, 0.4) is 0 Å². The molecule has 124 valence electrons. The Morgan fingerprint density at radius 1 is 1.17 bits per heavy atom. The van der Waals surface area contributed by atoms with Gasteiger partial charge in [-0.05, 0) is 61.7 Å². The van der Waals surface area contributed by atoms with Gasteiger partial charge in [0.25, 0.3) is 0 Å². The van der Waals surface area contributed by atoms with Gasteiger partial charge < -0.3 is 5.32 Å². The highest BCUT2D eigenvalue weighted by atomic mass is 35.5. The summed E-state index contributed by atoms with van der Waals surface area (Å²) in [5, 5.41) is 4.93. The Morgan fingerprint density at radius 2 is 1.91 bits per heavy atom. The number of likely N-dealkylation sites (tertiary alicyclic amines) is 1. The number of nitrogens with zero attached hydrogens (tertiary/aromatic N) is 4. The largest absolute Gasteiger partial charge is 0.367 e. The molecule has 1 N–H and O–H groups in total. The van der Waals surface area contributed by atoms with Gasteiger partial charge in [0.1, 0.15) is 5.82 Å². The van der Waals surface area contributed by atoms with Crippen molar-refractivity contribution in [3.05, 3.63) is 11.0 Å². The molecule has 2 aromatic rings. The molecule has 5 nitrogen and oxygen atoms in total. The molecule has 0 radical (unpaired) electrons. The molecule has 0 atom stereocenters. The zero-order chi connectivity index (χ0) is 16.0. The second-order valence-corrected chi connectivity index (χ2v) is 8.09. The molecule has 1 saturated carbocycles. The summed E-state index contributed by atoms with van der Waals surface area (Å²) in [7, 11) is 0. The maximum absolute atomic E-state index is 6.07. The van der Waals surface area contributed by atoms with Crippen LogP contribution in [0.25, 0.3) is 10.2 Å². The highest BCUT2D eigenvalue weighted by molar-refractivity contribution is 7.13. The van der Waals surface area contributed by atoms with E-state index in [0.717, 1.165) is 33.7 Å². The van der Waals surface area contributed by atoms with Crippen molar-refractivity contribution in [3.63, 3.8) is 0 Å². The van der Waals surface area contributed by atoms with E-state index >= 15 is 0 Å². The first kappa shape index (κ1) is 15.5. The molecule has 0 unspecified atom stereocenters. The summed E-state index contributed by atoms with van der Waals surface area (Å²) in [4.78, 5) is 12.2. The Hall–Kier alpha value is -0.980. The van der Waals surface area contributed by atoms with Crippen molar-refractivity contribution in [2.75, 3.05) is 18.4 Å². The minimum atomic E-state index is 0.298. The Kier molecular flexibility index (Phi) is 4.15. The van der Waals surface area contributed by atoms with E-state index < -0.39 is 0 Å². The van der Waals surface area contributed by atoms with Crippen LogP contribution in [0.15, 0.2) is 0 Å². The molecule has 0 amide bonds. The van der Waals surface area contributed by atoms with Gasteiger partial charge in [0.2, 0.25) is 5.28 Å². The number of anilines is 1. The van der Waals surface area contributed by atoms with Crippen LogP contribution in [0.4, 0.5) is 5.82 Å². The molecule has 1 aliphatic heterocycles. The van der Waals surface area contributed by atoms with Gasteiger partial charge in [-0.25, -0.2) is 9.97 Å². The Bertz CT molecular complexity index is 704. The van der Waals surface area contributed by atoms with Crippen molar-refractivity contribution in [3.8, 4) is 0 Å². The lowest BCUT2D eigenvalue weighted by atomic mass is 9.87. The van der Waals surface area contributed by atoms with Crippen LogP contribution >= 0.6 is 23.1 Å². The fourth-order valence-electron chi connectivity index (χ4n) is 3.89. The highest BCUT2D eigenvalue weighted by Crippen LogP contribution is 2.32. The number of aromatic nitrogens is 3. The van der Waals surface area contributed by atoms with Crippen LogP contribution in [0.5, 0.6) is 0 Å². The smallest absolute Gasteiger partial charge is 0.225 e. The van der Waals surface area contributed by atoms with E-state index in [9.17, 15) is 0 Å². The molecule has 2 aromatic heterocycles. The number of fused-ring (bicyclic) bond motifs is 1. The lowest BCUT2D eigenvalue weighted by Gasteiger charge is -2.45. The van der Waals surface area contributed by atoms with E-state index in [1.807, 2.05) is 6.92 Å². The molecule has 3 heterocycles. The molecule has 0 aromatic carbocycles. The summed E-state index contributed by atoms with van der Waals surface area (Å²) >= 11 is 7.45. The summed E-state index contributed by atoms with van der Waals surface area (Å²) in [6.07, 6.45) is 4.92. The van der Waals surface area contributed by atoms with Crippen molar-refractivity contribution in [1.29, 1.82) is 0 Å². The lowest BCUT2D eigenvalue weighted by molar-refractivity contribution is 0.0424. The number of nitrogens with one attached hydrogen (secondary N) is 1. The van der Waals surface area contributed by atoms with E-state index in [4.69, 9.17) is 11.6 Å². The predicted octanol–water partition coefficient (Wildman–Crippen LogP) is 3.72. The summed E-state index contributed by atoms with van der Waals surface area (Å²) in [5.41, 5.74) is 0.979. The fraction of sp³-hybridized carbons (Fsp3) is 0.688. The second-order valence-electron chi connectivity index (χ2n) is 7.00. The van der Waals surface area contributed by atoms with Crippen LogP contribution in [0.1, 0.15) is 38.3 Å². The van der Waals surface area contributed by atoms with Gasteiger partial charge in [-0.3, -0.25) is 4.90 Å². The zero-order valence-corrected chi connectivity index (χ0v) is 15.1. The Labute approximate surface area is 145 Å². The summed E-state index contributed by atoms with van der Waals surface area (Å²) in [5.74, 6) is 1.74. The molecule has 2 fully saturated rings. The lowest BCUT2D eigenvalue weighted by Crippen LogP contribution is -2.52. The minimum Gasteiger partial charge on any atom is -0.367 e. The quantitative estimate of drug-likeness (QED) is 0.854. The highest BCUT2D eigenvalue weighted by Gasteiger charge is 2.32. The van der Waals surface area contributed by atoms with Crippen LogP contribution in [-0.2, 0) is 0 Å². The van der Waals surface area contributed by atoms with Gasteiger partial charge >= 0.3 is 0 Å². The van der Waals surface area contributed by atoms with E-state index in [1.165, 1.54) is 50.3 Å². The van der Waals surface area contributed by atoms with Crippen molar-refractivity contribution >= 4 is 39.2 Å². The van der Waals surface area contributed by atoms with E-state index in [0.29, 0.717) is 11.3 Å². The topological polar surface area (TPSA) is 53.9 Å². The fourth-order valence-corrected chi connectivity index (χ4v) is 4.89. The molecule has 1 aliphatic carbocycles. The number of aryl methyl sites for hydroxylation is 1. The minimum absolute atomic E-state index is 0.298. The van der Waals surface area contributed by atoms with Gasteiger partial charge in [0.05, 0.1) is 11.1 Å². The molecule has 1 saturated heterocycles. The third-order valence-corrected chi connectivity index (χ3v) is 6.13. The number of rotatable bonds is 3. The monoisotopic (exact) mass is 351 g/mol. The molecule has 2 aliphatic rings. The van der Waals surface area contributed by atoms with Crippen LogP contribution in [0, 0.1) is 12.8 Å². The molecular formula is C16H22ClN5S. The van der Waals surface area contributed by atoms with E-state index in [-0.39, 0.29) is 0 Å². The molecule has 4 rings (SSSR count). The first-order valence-electron chi connectivity index (χ1n) is 8.40. The third-order valence-electron chi connectivity index (χ3n) is 5.13. The normalized spacial score (nSPS) is 26.4. The second kappa shape index (κ2) is 6.15. The third kappa shape index (κ3) is 3.04. The predicted molar refractivity (Wildman–Crippen MR) is 95.4 cm³/mol. The van der Waals surface area contributed by atoms with E-state index in [1.54, 1.807) is 0 Å². The molecule has 7 heteroatoms. The van der Waals surface area contributed by atoms with Gasteiger partial charge in [-0.1, -0.05) is 6.92 Å². The van der Waals surface area contributed by atoms with Gasteiger partial charge in [-0.15, -0.1) is 0 Å². The number of halogens is 1. The summed E-state index contributed by atoms with van der Waals surface area (Å²) in [6.45, 7) is 6.91. The van der Waals surface area contributed by atoms with Gasteiger partial charge in [0.15, 0.2) is 4.83 Å². The molecular weight excluding hydrogens is 330 g/mol. The van der Waals surface area contributed by atoms with Crippen molar-refractivity contribution in [1.82, 2.24) is 19.2 Å². The molecule has 23 heavy (non-hydrogen) atoms. The summed E-state index contributed by atoms with van der Waals surface area (Å²) < 4.78 is 4.39. The van der Waals surface area contributed by atoms with Gasteiger partial charge in [-0.2, -0.15) is 4.37 Å². The molecule has 0 spiro atoms. The first-order valence-corrected chi connectivity index (χ1v) is 9.55. The Morgan fingerprint density at radius 3 is 2.61 bits per heavy atom. The average molecular weight is 352 g/mol. The van der Waals surface area contributed by atoms with Gasteiger partial charge in [0, 0.05) is 25.2 Å². The Balaban J connectivity index is 1.44. The van der Waals surface area contributed by atoms with Crippen LogP contribution in [0.2, 0.25) is 5.28 Å². The maximum Gasteiger partial charge on any atom is 0.225 e. The number of hydrogen-bond acceptors (Lipinski definition) is 6. The average Bonchev–Trinajstić information content (AvgIpc) is 2.86. The van der Waals surface area contributed by atoms with Crippen molar-refractivity contribution in [2.45, 2.75) is 51.6 Å². The van der Waals surface area contributed by atoms with Crippen molar-refractivity contribution < 1.29 is 0 Å². The standard InChI is InChI=1S/C16H22ClN5S/c1-9-7-22(8-9)12-5-3-11(4-6-12)18-14-13-10(2)21-23-15(13)20-16(17)19-14/h9,11-12H,3-8H2,1-2H3,(H,18,19,20). The summed E-state index contributed by atoms with van der Waals surface area (Å²) in [6, 6.07) is 1.25.